The topological polar surface area (TPSA) is 81.2 Å². The maximum absolute atomic E-state index is 13.6. The molecule has 2 aromatic carbocycles. The molecule has 27 heavy (non-hydrogen) atoms. The number of hydrogen-bond donors (Lipinski definition) is 2. The number of anilines is 1. The third-order valence-electron chi connectivity index (χ3n) is 4.24. The summed E-state index contributed by atoms with van der Waals surface area (Å²) < 4.78 is 18.7. The van der Waals surface area contributed by atoms with Crippen molar-refractivity contribution in [3.63, 3.8) is 0 Å². The predicted octanol–water partition coefficient (Wildman–Crippen LogP) is 4.26. The fourth-order valence-electron chi connectivity index (χ4n) is 2.82. The molecule has 6 heteroatoms. The molecular weight excluding hydrogens is 345 g/mol. The van der Waals surface area contributed by atoms with Crippen LogP contribution in [-0.2, 0) is 4.79 Å². The number of carbonyl (C=O) groups is 1. The van der Waals surface area contributed by atoms with Crippen LogP contribution in [0.3, 0.4) is 0 Å². The van der Waals surface area contributed by atoms with Crippen molar-refractivity contribution in [2.45, 2.75) is 19.9 Å². The summed E-state index contributed by atoms with van der Waals surface area (Å²) in [6.07, 6.45) is 2.77. The van der Waals surface area contributed by atoms with Gasteiger partial charge in [-0.15, -0.1) is 0 Å². The molecule has 1 amide bonds. The van der Waals surface area contributed by atoms with E-state index < -0.39 is 0 Å². The summed E-state index contributed by atoms with van der Waals surface area (Å²) in [5.41, 5.74) is 8.75. The molecule has 138 valence electrons. The van der Waals surface area contributed by atoms with Crippen LogP contribution in [0.4, 0.5) is 10.2 Å². The number of hydrogen-bond acceptors (Lipinski definition) is 4. The number of nitrogen functional groups attached to an aromatic ring is 1. The number of nitrogens with one attached hydrogen (secondary N) is 1. The zero-order valence-electron chi connectivity index (χ0n) is 15.1. The summed E-state index contributed by atoms with van der Waals surface area (Å²) in [6.45, 7) is 3.67. The van der Waals surface area contributed by atoms with Gasteiger partial charge >= 0.3 is 0 Å². The summed E-state index contributed by atoms with van der Waals surface area (Å²) in [6, 6.07) is 13.7. The van der Waals surface area contributed by atoms with Crippen molar-refractivity contribution in [1.29, 1.82) is 0 Å². The Morgan fingerprint density at radius 2 is 2.04 bits per heavy atom. The van der Waals surface area contributed by atoms with Gasteiger partial charge in [0.2, 0.25) is 5.91 Å². The lowest BCUT2D eigenvalue weighted by atomic mass is 10.00. The zero-order valence-corrected chi connectivity index (χ0v) is 15.1. The van der Waals surface area contributed by atoms with Crippen LogP contribution < -0.4 is 11.1 Å². The summed E-state index contributed by atoms with van der Waals surface area (Å²) >= 11 is 0. The normalized spacial score (nSPS) is 12.3. The van der Waals surface area contributed by atoms with Crippen LogP contribution in [0.2, 0.25) is 0 Å². The van der Waals surface area contributed by atoms with Crippen molar-refractivity contribution < 1.29 is 13.7 Å². The Morgan fingerprint density at radius 3 is 2.74 bits per heavy atom. The highest BCUT2D eigenvalue weighted by Gasteiger charge is 2.14. The molecule has 0 bridgehead atoms. The fraction of sp³-hybridized carbons (Fsp3) is 0.143. The largest absolute Gasteiger partial charge is 0.380 e. The number of aromatic nitrogens is 1. The Labute approximate surface area is 156 Å². The Kier molecular flexibility index (Phi) is 5.35. The van der Waals surface area contributed by atoms with Gasteiger partial charge in [0.05, 0.1) is 11.6 Å². The van der Waals surface area contributed by atoms with Gasteiger partial charge in [-0.3, -0.25) is 4.79 Å². The van der Waals surface area contributed by atoms with Gasteiger partial charge in [0.15, 0.2) is 5.82 Å². The minimum atomic E-state index is -0.371. The molecule has 0 aliphatic heterocycles. The van der Waals surface area contributed by atoms with E-state index in [-0.39, 0.29) is 17.8 Å². The smallest absolute Gasteiger partial charge is 0.244 e. The molecule has 1 aromatic heterocycles. The highest BCUT2D eigenvalue weighted by Crippen LogP contribution is 2.30. The second kappa shape index (κ2) is 7.86. The minimum absolute atomic E-state index is 0.246. The number of carbonyl (C=O) groups excluding carboxylic acids is 1. The van der Waals surface area contributed by atoms with Crippen LogP contribution >= 0.6 is 0 Å². The van der Waals surface area contributed by atoms with Crippen molar-refractivity contribution >= 4 is 17.8 Å². The maximum atomic E-state index is 13.6. The van der Waals surface area contributed by atoms with Crippen LogP contribution in [0, 0.1) is 12.7 Å². The van der Waals surface area contributed by atoms with E-state index >= 15 is 0 Å². The molecule has 3 rings (SSSR count). The SMILES string of the molecule is Cc1onc(N)c1-c1cccc([C@H](C)NC(=O)/C=C\c2ccccc2F)c1. The highest BCUT2D eigenvalue weighted by atomic mass is 19.1. The van der Waals surface area contributed by atoms with Crippen LogP contribution in [0.5, 0.6) is 0 Å². The number of rotatable bonds is 5. The number of benzene rings is 2. The van der Waals surface area contributed by atoms with E-state index in [1.165, 1.54) is 18.2 Å². The van der Waals surface area contributed by atoms with Crippen molar-refractivity contribution in [2.24, 2.45) is 0 Å². The van der Waals surface area contributed by atoms with Crippen LogP contribution in [0.25, 0.3) is 17.2 Å². The Morgan fingerprint density at radius 1 is 1.26 bits per heavy atom. The third-order valence-corrected chi connectivity index (χ3v) is 4.24. The lowest BCUT2D eigenvalue weighted by Gasteiger charge is -2.14. The molecule has 0 aliphatic rings. The first-order chi connectivity index (χ1) is 13.0. The summed E-state index contributed by atoms with van der Waals surface area (Å²) in [5.74, 6) is 0.282. The van der Waals surface area contributed by atoms with E-state index in [0.29, 0.717) is 17.1 Å². The third kappa shape index (κ3) is 4.23. The van der Waals surface area contributed by atoms with Gasteiger partial charge in [-0.1, -0.05) is 41.6 Å². The van der Waals surface area contributed by atoms with E-state index in [2.05, 4.69) is 10.5 Å². The molecule has 0 unspecified atom stereocenters. The van der Waals surface area contributed by atoms with Crippen molar-refractivity contribution in [3.05, 3.63) is 77.3 Å². The summed E-state index contributed by atoms with van der Waals surface area (Å²) in [4.78, 5) is 12.2. The predicted molar refractivity (Wildman–Crippen MR) is 103 cm³/mol. The van der Waals surface area contributed by atoms with Gasteiger partial charge in [-0.25, -0.2) is 4.39 Å². The zero-order chi connectivity index (χ0) is 19.4. The molecule has 0 radical (unpaired) electrons. The Hall–Kier alpha value is -3.41. The van der Waals surface area contributed by atoms with Crippen molar-refractivity contribution in [2.75, 3.05) is 5.73 Å². The number of nitrogens with zero attached hydrogens (tertiary/aromatic N) is 1. The molecular formula is C21H20FN3O2. The molecule has 0 fully saturated rings. The van der Waals surface area contributed by atoms with E-state index in [4.69, 9.17) is 10.3 Å². The van der Waals surface area contributed by atoms with E-state index in [9.17, 15) is 9.18 Å². The summed E-state index contributed by atoms with van der Waals surface area (Å²) in [5, 5.41) is 6.64. The fourth-order valence-corrected chi connectivity index (χ4v) is 2.82. The van der Waals surface area contributed by atoms with E-state index in [1.54, 1.807) is 25.1 Å². The molecule has 0 aliphatic carbocycles. The Balaban J connectivity index is 1.73. The first-order valence-corrected chi connectivity index (χ1v) is 8.51. The van der Waals surface area contributed by atoms with E-state index in [0.717, 1.165) is 16.7 Å². The quantitative estimate of drug-likeness (QED) is 0.662. The van der Waals surface area contributed by atoms with Crippen molar-refractivity contribution in [1.82, 2.24) is 10.5 Å². The summed E-state index contributed by atoms with van der Waals surface area (Å²) in [7, 11) is 0. The molecule has 0 saturated heterocycles. The first kappa shape index (κ1) is 18.4. The van der Waals surface area contributed by atoms with Crippen LogP contribution in [-0.4, -0.2) is 11.1 Å². The molecule has 3 N–H and O–H groups in total. The number of aryl methyl sites for hydroxylation is 1. The molecule has 0 saturated carbocycles. The van der Waals surface area contributed by atoms with E-state index in [1.807, 2.05) is 31.2 Å². The van der Waals surface area contributed by atoms with Gasteiger partial charge in [0.1, 0.15) is 11.6 Å². The second-order valence-corrected chi connectivity index (χ2v) is 6.21. The maximum Gasteiger partial charge on any atom is 0.244 e. The second-order valence-electron chi connectivity index (χ2n) is 6.21. The molecule has 1 heterocycles. The van der Waals surface area contributed by atoms with Gasteiger partial charge in [0, 0.05) is 11.6 Å². The van der Waals surface area contributed by atoms with Gasteiger partial charge < -0.3 is 15.6 Å². The molecule has 5 nitrogen and oxygen atoms in total. The van der Waals surface area contributed by atoms with Crippen LogP contribution in [0.1, 0.15) is 29.9 Å². The average Bonchev–Trinajstić information content (AvgIpc) is 2.99. The number of halogens is 1. The number of amides is 1. The molecule has 3 aromatic rings. The lowest BCUT2D eigenvalue weighted by Crippen LogP contribution is -2.24. The average molecular weight is 365 g/mol. The van der Waals surface area contributed by atoms with Gasteiger partial charge in [0.25, 0.3) is 0 Å². The molecule has 1 atom stereocenters. The minimum Gasteiger partial charge on any atom is -0.380 e. The lowest BCUT2D eigenvalue weighted by molar-refractivity contribution is -0.117. The van der Waals surface area contributed by atoms with Crippen molar-refractivity contribution in [3.8, 4) is 11.1 Å². The standard InChI is InChI=1S/C21H20FN3O2/c1-13(24-19(26)11-10-15-6-3-4-9-18(15)22)16-7-5-8-17(12-16)20-14(2)27-25-21(20)23/h3-13H,1-2H3,(H2,23,25)(H,24,26)/b11-10-/t13-/m0/s1. The Bertz CT molecular complexity index is 975. The van der Waals surface area contributed by atoms with Gasteiger partial charge in [-0.2, -0.15) is 0 Å². The van der Waals surface area contributed by atoms with Gasteiger partial charge in [-0.05, 0) is 43.2 Å². The monoisotopic (exact) mass is 365 g/mol. The van der Waals surface area contributed by atoms with Crippen LogP contribution in [0.15, 0.2) is 59.1 Å². The first-order valence-electron chi connectivity index (χ1n) is 8.51. The number of nitrogens with two attached hydrogens (primary N) is 1. The molecule has 0 spiro atoms. The highest BCUT2D eigenvalue weighted by molar-refractivity contribution is 5.92.